The third-order valence-electron chi connectivity index (χ3n) is 4.19. The number of aromatic nitrogens is 2. The van der Waals surface area contributed by atoms with Crippen LogP contribution >= 0.6 is 11.6 Å². The highest BCUT2D eigenvalue weighted by Crippen LogP contribution is 2.22. The van der Waals surface area contributed by atoms with Gasteiger partial charge in [0.2, 0.25) is 0 Å². The van der Waals surface area contributed by atoms with Gasteiger partial charge in [0.15, 0.2) is 0 Å². The van der Waals surface area contributed by atoms with E-state index in [0.717, 1.165) is 5.56 Å². The monoisotopic (exact) mass is 376 g/mol. The van der Waals surface area contributed by atoms with Crippen LogP contribution in [-0.4, -0.2) is 9.55 Å². The van der Waals surface area contributed by atoms with Gasteiger partial charge in [0, 0.05) is 0 Å². The maximum Gasteiger partial charge on any atom is 0.266 e. The molecule has 0 radical (unpaired) electrons. The molecule has 5 heteroatoms. The van der Waals surface area contributed by atoms with Gasteiger partial charge in [-0.15, -0.1) is 0 Å². The van der Waals surface area contributed by atoms with Crippen molar-refractivity contribution in [2.45, 2.75) is 0 Å². The van der Waals surface area contributed by atoms with E-state index in [1.807, 2.05) is 12.1 Å². The number of rotatable bonds is 3. The lowest BCUT2D eigenvalue weighted by molar-refractivity contribution is 0.628. The van der Waals surface area contributed by atoms with Crippen molar-refractivity contribution in [3.8, 4) is 5.69 Å². The fourth-order valence-electron chi connectivity index (χ4n) is 2.87. The van der Waals surface area contributed by atoms with E-state index in [1.165, 1.54) is 16.7 Å². The summed E-state index contributed by atoms with van der Waals surface area (Å²) < 4.78 is 14.6. The number of hydrogen-bond acceptors (Lipinski definition) is 2. The number of halogens is 2. The molecule has 27 heavy (non-hydrogen) atoms. The first-order valence-corrected chi connectivity index (χ1v) is 8.71. The molecule has 0 saturated heterocycles. The van der Waals surface area contributed by atoms with E-state index >= 15 is 0 Å². The van der Waals surface area contributed by atoms with Crippen molar-refractivity contribution in [3.05, 3.63) is 105 Å². The van der Waals surface area contributed by atoms with Crippen LogP contribution in [0.3, 0.4) is 0 Å². The van der Waals surface area contributed by atoms with Gasteiger partial charge in [0.25, 0.3) is 5.56 Å². The third kappa shape index (κ3) is 3.39. The molecule has 0 atom stereocenters. The Kier molecular flexibility index (Phi) is 4.57. The Balaban J connectivity index is 1.95. The third-order valence-corrected chi connectivity index (χ3v) is 4.51. The number of benzene rings is 3. The first-order chi connectivity index (χ1) is 13.1. The standard InChI is InChI=1S/C22H14ClFN2O/c23-18-6-2-4-8-20(18)26-21(14-11-15-9-12-16(24)13-10-15)25-19-7-3-1-5-17(19)22(26)27/h1-14H. The second-order valence-corrected chi connectivity index (χ2v) is 6.37. The molecule has 0 fully saturated rings. The zero-order chi connectivity index (χ0) is 18.8. The minimum atomic E-state index is -0.302. The topological polar surface area (TPSA) is 34.9 Å². The molecule has 1 aromatic heterocycles. The summed E-state index contributed by atoms with van der Waals surface area (Å²) in [6.45, 7) is 0. The molecule has 0 N–H and O–H groups in total. The van der Waals surface area contributed by atoms with Crippen LogP contribution in [0.15, 0.2) is 77.6 Å². The summed E-state index contributed by atoms with van der Waals surface area (Å²) in [5, 5.41) is 0.962. The SMILES string of the molecule is O=c1c2ccccc2nc(C=Cc2ccc(F)cc2)n1-c1ccccc1Cl. The molecule has 4 aromatic rings. The number of para-hydroxylation sites is 2. The Bertz CT molecular complexity index is 1210. The van der Waals surface area contributed by atoms with Crippen molar-refractivity contribution in [1.82, 2.24) is 9.55 Å². The first kappa shape index (κ1) is 17.2. The summed E-state index contributed by atoms with van der Waals surface area (Å²) in [5.74, 6) is 0.139. The van der Waals surface area contributed by atoms with Crippen molar-refractivity contribution in [2.24, 2.45) is 0 Å². The highest BCUT2D eigenvalue weighted by molar-refractivity contribution is 6.32. The zero-order valence-corrected chi connectivity index (χ0v) is 14.9. The average Bonchev–Trinajstić information content (AvgIpc) is 2.69. The van der Waals surface area contributed by atoms with Gasteiger partial charge in [-0.2, -0.15) is 0 Å². The molecular formula is C22H14ClFN2O. The van der Waals surface area contributed by atoms with Crippen molar-refractivity contribution < 1.29 is 4.39 Å². The van der Waals surface area contributed by atoms with E-state index in [0.29, 0.717) is 27.4 Å². The predicted octanol–water partition coefficient (Wildman–Crippen LogP) is 5.35. The second kappa shape index (κ2) is 7.17. The lowest BCUT2D eigenvalue weighted by atomic mass is 10.2. The highest BCUT2D eigenvalue weighted by Gasteiger charge is 2.13. The fourth-order valence-corrected chi connectivity index (χ4v) is 3.09. The van der Waals surface area contributed by atoms with Crippen LogP contribution in [0.5, 0.6) is 0 Å². The Labute approximate surface area is 160 Å². The lowest BCUT2D eigenvalue weighted by Crippen LogP contribution is -2.22. The summed E-state index contributed by atoms with van der Waals surface area (Å²) in [5.41, 5.74) is 1.75. The molecule has 0 aliphatic carbocycles. The van der Waals surface area contributed by atoms with Crippen LogP contribution in [0.2, 0.25) is 5.02 Å². The van der Waals surface area contributed by atoms with Crippen molar-refractivity contribution in [1.29, 1.82) is 0 Å². The average molecular weight is 377 g/mol. The fraction of sp³-hybridized carbons (Fsp3) is 0. The maximum absolute atomic E-state index is 13.1. The van der Waals surface area contributed by atoms with E-state index < -0.39 is 0 Å². The summed E-state index contributed by atoms with van der Waals surface area (Å²) in [6.07, 6.45) is 3.51. The maximum atomic E-state index is 13.1. The first-order valence-electron chi connectivity index (χ1n) is 8.34. The minimum Gasteiger partial charge on any atom is -0.268 e. The quantitative estimate of drug-likeness (QED) is 0.483. The smallest absolute Gasteiger partial charge is 0.266 e. The molecule has 132 valence electrons. The molecule has 0 saturated carbocycles. The van der Waals surface area contributed by atoms with Gasteiger partial charge in [-0.25, -0.2) is 9.37 Å². The Morgan fingerprint density at radius 2 is 1.59 bits per heavy atom. The van der Waals surface area contributed by atoms with Crippen LogP contribution in [0.1, 0.15) is 11.4 Å². The van der Waals surface area contributed by atoms with Gasteiger partial charge in [0.05, 0.1) is 21.6 Å². The highest BCUT2D eigenvalue weighted by atomic mass is 35.5. The molecule has 3 aromatic carbocycles. The predicted molar refractivity (Wildman–Crippen MR) is 108 cm³/mol. The molecule has 0 aliphatic heterocycles. The number of fused-ring (bicyclic) bond motifs is 1. The molecule has 3 nitrogen and oxygen atoms in total. The minimum absolute atomic E-state index is 0.201. The van der Waals surface area contributed by atoms with E-state index in [1.54, 1.807) is 60.7 Å². The van der Waals surface area contributed by atoms with Crippen LogP contribution in [0, 0.1) is 5.82 Å². The molecule has 0 amide bonds. The van der Waals surface area contributed by atoms with E-state index in [-0.39, 0.29) is 11.4 Å². The van der Waals surface area contributed by atoms with E-state index in [4.69, 9.17) is 11.6 Å². The number of nitrogens with zero attached hydrogens (tertiary/aromatic N) is 2. The van der Waals surface area contributed by atoms with Crippen LogP contribution in [-0.2, 0) is 0 Å². The van der Waals surface area contributed by atoms with Gasteiger partial charge in [-0.05, 0) is 48.0 Å². The lowest BCUT2D eigenvalue weighted by Gasteiger charge is -2.12. The Morgan fingerprint density at radius 1 is 0.889 bits per heavy atom. The van der Waals surface area contributed by atoms with Crippen LogP contribution in [0.25, 0.3) is 28.7 Å². The molecule has 0 aliphatic rings. The largest absolute Gasteiger partial charge is 0.268 e. The molecule has 1 heterocycles. The van der Waals surface area contributed by atoms with Gasteiger partial charge in [-0.3, -0.25) is 9.36 Å². The van der Waals surface area contributed by atoms with E-state index in [2.05, 4.69) is 4.98 Å². The number of hydrogen-bond donors (Lipinski definition) is 0. The van der Waals surface area contributed by atoms with Gasteiger partial charge < -0.3 is 0 Å². The Hall–Kier alpha value is -3.24. The molecule has 0 bridgehead atoms. The van der Waals surface area contributed by atoms with Gasteiger partial charge >= 0.3 is 0 Å². The summed E-state index contributed by atoms with van der Waals surface area (Å²) >= 11 is 6.34. The van der Waals surface area contributed by atoms with Crippen molar-refractivity contribution in [3.63, 3.8) is 0 Å². The van der Waals surface area contributed by atoms with Crippen molar-refractivity contribution in [2.75, 3.05) is 0 Å². The summed E-state index contributed by atoms with van der Waals surface area (Å²) in [6, 6.07) is 20.4. The normalized spacial score (nSPS) is 11.3. The van der Waals surface area contributed by atoms with Gasteiger partial charge in [-0.1, -0.05) is 54.1 Å². The van der Waals surface area contributed by atoms with Gasteiger partial charge in [0.1, 0.15) is 11.6 Å². The summed E-state index contributed by atoms with van der Waals surface area (Å²) in [7, 11) is 0. The van der Waals surface area contributed by atoms with E-state index in [9.17, 15) is 9.18 Å². The molecule has 0 spiro atoms. The zero-order valence-electron chi connectivity index (χ0n) is 14.1. The molecule has 0 unspecified atom stereocenters. The van der Waals surface area contributed by atoms with Crippen LogP contribution < -0.4 is 5.56 Å². The van der Waals surface area contributed by atoms with Crippen molar-refractivity contribution >= 4 is 34.7 Å². The summed E-state index contributed by atoms with van der Waals surface area (Å²) in [4.78, 5) is 17.8. The van der Waals surface area contributed by atoms with Crippen LogP contribution in [0.4, 0.5) is 4.39 Å². The Morgan fingerprint density at radius 3 is 2.37 bits per heavy atom. The molecule has 4 rings (SSSR count). The second-order valence-electron chi connectivity index (χ2n) is 5.96. The molecular weight excluding hydrogens is 363 g/mol.